The summed E-state index contributed by atoms with van der Waals surface area (Å²) in [5, 5.41) is 0. The van der Waals surface area contributed by atoms with Crippen LogP contribution in [0.25, 0.3) is 0 Å². The fraction of sp³-hybridized carbons (Fsp3) is 0.727. The van der Waals surface area contributed by atoms with Crippen molar-refractivity contribution in [3.8, 4) is 5.75 Å². The summed E-state index contributed by atoms with van der Waals surface area (Å²) in [6.45, 7) is 9.47. The minimum atomic E-state index is -3.64. The Morgan fingerprint density at radius 2 is 1.23 bits per heavy atom. The maximum atomic E-state index is 13.3. The van der Waals surface area contributed by atoms with E-state index < -0.39 is 7.82 Å². The smallest absolute Gasteiger partial charge is 1.00 e. The molecule has 1 rings (SSSR count). The fourth-order valence-electron chi connectivity index (χ4n) is 2.89. The van der Waals surface area contributed by atoms with Crippen molar-refractivity contribution in [1.29, 1.82) is 0 Å². The molecule has 30 heavy (non-hydrogen) atoms. The van der Waals surface area contributed by atoms with E-state index in [-0.39, 0.29) is 158 Å². The molecular formula is C22H42K3O4P. The number of unbranched alkanes of at least 4 members (excludes halogenated alkanes) is 2. The van der Waals surface area contributed by atoms with Crippen molar-refractivity contribution >= 4 is 7.82 Å². The Bertz CT molecular complexity index is 525. The first-order valence-electron chi connectivity index (χ1n) is 10.7. The van der Waals surface area contributed by atoms with Crippen molar-refractivity contribution in [1.82, 2.24) is 0 Å². The average Bonchev–Trinajstić information content (AvgIpc) is 2.69. The van der Waals surface area contributed by atoms with Crippen molar-refractivity contribution in [2.24, 2.45) is 11.8 Å². The van der Waals surface area contributed by atoms with Crippen molar-refractivity contribution in [2.75, 3.05) is 13.2 Å². The summed E-state index contributed by atoms with van der Waals surface area (Å²) in [6.07, 6.45) is 8.77. The van der Waals surface area contributed by atoms with Gasteiger partial charge in [-0.15, -0.1) is 0 Å². The normalized spacial score (nSPS) is 14.3. The Labute approximate surface area is 317 Å². The van der Waals surface area contributed by atoms with E-state index in [1.54, 1.807) is 12.1 Å². The number of phosphoric acid groups is 1. The van der Waals surface area contributed by atoms with Gasteiger partial charge in [-0.05, 0) is 36.8 Å². The third-order valence-corrected chi connectivity index (χ3v) is 6.35. The largest absolute Gasteiger partial charge is 1.00 e. The molecule has 2 atom stereocenters. The van der Waals surface area contributed by atoms with Crippen LogP contribution in [0.15, 0.2) is 30.3 Å². The van der Waals surface area contributed by atoms with E-state index in [0.717, 1.165) is 51.4 Å². The SMILES string of the molecule is CCCCC(CC)COP(=O)(OCC(CC)CCCC)Oc1ccccc1.[H-].[H-].[H-].[K+].[K+].[K+]. The quantitative estimate of drug-likeness (QED) is 0.208. The van der Waals surface area contributed by atoms with Gasteiger partial charge < -0.3 is 8.80 Å². The minimum Gasteiger partial charge on any atom is -1.00 e. The molecule has 0 fully saturated rings. The Morgan fingerprint density at radius 3 is 1.60 bits per heavy atom. The monoisotopic (exact) mass is 518 g/mol. The van der Waals surface area contributed by atoms with Gasteiger partial charge in [0.05, 0.1) is 13.2 Å². The summed E-state index contributed by atoms with van der Waals surface area (Å²) < 4.78 is 30.6. The van der Waals surface area contributed by atoms with E-state index in [4.69, 9.17) is 13.6 Å². The summed E-state index contributed by atoms with van der Waals surface area (Å²) in [6, 6.07) is 9.16. The number of benzene rings is 1. The van der Waals surface area contributed by atoms with Gasteiger partial charge in [0.1, 0.15) is 5.75 Å². The summed E-state index contributed by atoms with van der Waals surface area (Å²) in [5.41, 5.74) is 0. The minimum absolute atomic E-state index is 0. The zero-order valence-corrected chi connectivity index (χ0v) is 31.0. The van der Waals surface area contributed by atoms with E-state index in [0.29, 0.717) is 30.8 Å². The maximum absolute atomic E-state index is 13.3. The van der Waals surface area contributed by atoms with E-state index in [1.165, 1.54) is 0 Å². The molecule has 0 amide bonds. The molecule has 0 saturated heterocycles. The van der Waals surface area contributed by atoms with E-state index in [9.17, 15) is 4.57 Å². The van der Waals surface area contributed by atoms with Crippen LogP contribution in [-0.4, -0.2) is 13.2 Å². The average molecular weight is 519 g/mol. The second-order valence-electron chi connectivity index (χ2n) is 7.28. The first kappa shape index (κ1) is 38.6. The first-order valence-corrected chi connectivity index (χ1v) is 12.2. The van der Waals surface area contributed by atoms with Gasteiger partial charge in [-0.2, -0.15) is 0 Å². The van der Waals surface area contributed by atoms with Gasteiger partial charge in [0, 0.05) is 0 Å². The molecule has 4 nitrogen and oxygen atoms in total. The van der Waals surface area contributed by atoms with Gasteiger partial charge in [0.15, 0.2) is 0 Å². The zero-order valence-electron chi connectivity index (χ0n) is 23.7. The number of hydrogen-bond donors (Lipinski definition) is 0. The topological polar surface area (TPSA) is 44.8 Å². The first-order chi connectivity index (χ1) is 13.1. The molecule has 0 aliphatic heterocycles. The molecule has 162 valence electrons. The van der Waals surface area contributed by atoms with Crippen LogP contribution in [0.1, 0.15) is 83.3 Å². The van der Waals surface area contributed by atoms with E-state index >= 15 is 0 Å². The van der Waals surface area contributed by atoms with Gasteiger partial charge in [-0.1, -0.05) is 84.4 Å². The predicted molar refractivity (Wildman–Crippen MR) is 117 cm³/mol. The standard InChI is InChI=1S/C22H39O4P.3K.3H/c1-5-9-14-20(7-3)18-24-27(23,26-22-16-12-11-13-17-22)25-19-21(8-4)15-10-6-2;;;;;;/h11-13,16-17,20-21H,5-10,14-15,18-19H2,1-4H3;;;;;;/q;3*+1;3*-1. The van der Waals surface area contributed by atoms with Crippen molar-refractivity contribution < 1.29 is 177 Å². The van der Waals surface area contributed by atoms with Crippen LogP contribution in [0, 0.1) is 11.8 Å². The van der Waals surface area contributed by atoms with Crippen LogP contribution in [0.5, 0.6) is 5.75 Å². The van der Waals surface area contributed by atoms with Crippen LogP contribution in [0.4, 0.5) is 0 Å². The number of phosphoric ester groups is 1. The molecule has 0 radical (unpaired) electrons. The van der Waals surface area contributed by atoms with E-state index in [2.05, 4.69) is 27.7 Å². The zero-order chi connectivity index (χ0) is 20.0. The fourth-order valence-corrected chi connectivity index (χ4v) is 4.24. The molecular weight excluding hydrogens is 477 g/mol. The third-order valence-electron chi connectivity index (χ3n) is 4.98. The summed E-state index contributed by atoms with van der Waals surface area (Å²) in [4.78, 5) is 0. The molecule has 0 aliphatic rings. The Kier molecular flexibility index (Phi) is 31.9. The van der Waals surface area contributed by atoms with Crippen LogP contribution < -0.4 is 159 Å². The molecule has 0 heterocycles. The number of para-hydroxylation sites is 1. The predicted octanol–water partition coefficient (Wildman–Crippen LogP) is -1.01. The number of hydrogen-bond acceptors (Lipinski definition) is 4. The molecule has 1 aromatic rings. The molecule has 1 aromatic carbocycles. The van der Waals surface area contributed by atoms with Crippen LogP contribution in [0.3, 0.4) is 0 Å². The van der Waals surface area contributed by atoms with Crippen LogP contribution in [-0.2, 0) is 13.6 Å². The molecule has 0 spiro atoms. The molecule has 8 heteroatoms. The molecule has 2 unspecified atom stereocenters. The second-order valence-corrected chi connectivity index (χ2v) is 8.87. The van der Waals surface area contributed by atoms with Gasteiger partial charge in [-0.25, -0.2) is 4.57 Å². The maximum Gasteiger partial charge on any atom is 1.00 e. The Balaban J connectivity index is -0.000000304. The van der Waals surface area contributed by atoms with Crippen LogP contribution in [0.2, 0.25) is 0 Å². The van der Waals surface area contributed by atoms with Crippen molar-refractivity contribution in [3.63, 3.8) is 0 Å². The molecule has 0 aromatic heterocycles. The van der Waals surface area contributed by atoms with Gasteiger partial charge in [0.25, 0.3) is 0 Å². The van der Waals surface area contributed by atoms with E-state index in [1.807, 2.05) is 18.2 Å². The molecule has 0 bridgehead atoms. The number of rotatable bonds is 16. The summed E-state index contributed by atoms with van der Waals surface area (Å²) in [5.74, 6) is 1.27. The Morgan fingerprint density at radius 1 is 0.800 bits per heavy atom. The van der Waals surface area contributed by atoms with Crippen LogP contribution >= 0.6 is 7.82 Å². The molecule has 0 saturated carbocycles. The Hall–Kier alpha value is 4.08. The summed E-state index contributed by atoms with van der Waals surface area (Å²) >= 11 is 0. The third kappa shape index (κ3) is 18.4. The van der Waals surface area contributed by atoms with Crippen molar-refractivity contribution in [3.05, 3.63) is 30.3 Å². The van der Waals surface area contributed by atoms with Gasteiger partial charge in [-0.3, -0.25) is 9.05 Å². The van der Waals surface area contributed by atoms with Gasteiger partial charge in [0.2, 0.25) is 0 Å². The van der Waals surface area contributed by atoms with Crippen molar-refractivity contribution in [2.45, 2.75) is 79.1 Å². The summed E-state index contributed by atoms with van der Waals surface area (Å²) in [7, 11) is -3.64. The van der Waals surface area contributed by atoms with Gasteiger partial charge >= 0.3 is 162 Å². The molecule has 0 aliphatic carbocycles. The second kappa shape index (κ2) is 24.8. The molecule has 0 N–H and O–H groups in total.